The Morgan fingerprint density at radius 3 is 3.00 bits per heavy atom. The van der Waals surface area contributed by atoms with Crippen molar-refractivity contribution in [3.63, 3.8) is 0 Å². The highest BCUT2D eigenvalue weighted by atomic mass is 16.5. The second kappa shape index (κ2) is 7.63. The van der Waals surface area contributed by atoms with Gasteiger partial charge >= 0.3 is 5.97 Å². The van der Waals surface area contributed by atoms with Gasteiger partial charge in [-0.1, -0.05) is 13.3 Å². The minimum Gasteiger partial charge on any atom is -0.481 e. The van der Waals surface area contributed by atoms with Crippen LogP contribution in [-0.2, 0) is 9.53 Å². The summed E-state index contributed by atoms with van der Waals surface area (Å²) in [6.07, 6.45) is 4.67. The summed E-state index contributed by atoms with van der Waals surface area (Å²) in [4.78, 5) is 12.9. The van der Waals surface area contributed by atoms with Gasteiger partial charge in [0.15, 0.2) is 0 Å². The maximum atomic E-state index is 10.7. The molecule has 1 aliphatic heterocycles. The van der Waals surface area contributed by atoms with Gasteiger partial charge in [0.25, 0.3) is 0 Å². The van der Waals surface area contributed by atoms with Crippen LogP contribution >= 0.6 is 0 Å². The maximum Gasteiger partial charge on any atom is 0.304 e. The molecule has 1 heterocycles. The molecule has 0 spiro atoms. The molecule has 1 N–H and O–H groups in total. The molecule has 0 radical (unpaired) electrons. The van der Waals surface area contributed by atoms with Crippen molar-refractivity contribution in [2.45, 2.75) is 45.1 Å². The Kier molecular flexibility index (Phi) is 6.42. The lowest BCUT2D eigenvalue weighted by Crippen LogP contribution is -2.34. The summed E-state index contributed by atoms with van der Waals surface area (Å²) in [6, 6.07) is 0.229. The minimum atomic E-state index is -0.691. The van der Waals surface area contributed by atoms with Crippen molar-refractivity contribution in [1.29, 1.82) is 0 Å². The summed E-state index contributed by atoms with van der Waals surface area (Å²) in [7, 11) is 0. The van der Waals surface area contributed by atoms with E-state index in [2.05, 4.69) is 11.8 Å². The molecule has 94 valence electrons. The van der Waals surface area contributed by atoms with Gasteiger partial charge in [0, 0.05) is 19.2 Å². The average molecular weight is 229 g/mol. The number of hydrogen-bond acceptors (Lipinski definition) is 3. The zero-order chi connectivity index (χ0) is 11.8. The van der Waals surface area contributed by atoms with E-state index in [0.717, 1.165) is 52.0 Å². The lowest BCUT2D eigenvalue weighted by molar-refractivity contribution is -0.138. The van der Waals surface area contributed by atoms with Crippen LogP contribution in [0, 0.1) is 0 Å². The number of hydrogen-bond donors (Lipinski definition) is 1. The number of aliphatic carboxylic acids is 1. The maximum absolute atomic E-state index is 10.7. The first-order chi connectivity index (χ1) is 7.74. The van der Waals surface area contributed by atoms with Crippen LogP contribution < -0.4 is 0 Å². The lowest BCUT2D eigenvalue weighted by atomic mass is 10.1. The Bertz CT molecular complexity index is 208. The minimum absolute atomic E-state index is 0.229. The number of likely N-dealkylation sites (tertiary alicyclic amines) is 1. The van der Waals surface area contributed by atoms with Crippen molar-refractivity contribution >= 4 is 5.97 Å². The number of ether oxygens (including phenoxy) is 1. The average Bonchev–Trinajstić information content (AvgIpc) is 2.64. The van der Waals surface area contributed by atoms with Gasteiger partial charge in [0.05, 0.1) is 13.0 Å². The van der Waals surface area contributed by atoms with Crippen molar-refractivity contribution in [3.8, 4) is 0 Å². The number of rotatable bonds is 8. The molecule has 0 saturated carbocycles. The van der Waals surface area contributed by atoms with E-state index in [1.165, 1.54) is 0 Å². The van der Waals surface area contributed by atoms with Crippen LogP contribution in [0.3, 0.4) is 0 Å². The summed E-state index contributed by atoms with van der Waals surface area (Å²) in [5.74, 6) is -0.691. The molecule has 16 heavy (non-hydrogen) atoms. The lowest BCUT2D eigenvalue weighted by Gasteiger charge is -2.22. The molecular weight excluding hydrogens is 206 g/mol. The third kappa shape index (κ3) is 4.94. The van der Waals surface area contributed by atoms with Gasteiger partial charge in [-0.15, -0.1) is 0 Å². The fourth-order valence-corrected chi connectivity index (χ4v) is 2.15. The van der Waals surface area contributed by atoms with Crippen LogP contribution in [0.25, 0.3) is 0 Å². The second-order valence-corrected chi connectivity index (χ2v) is 4.40. The van der Waals surface area contributed by atoms with Gasteiger partial charge in [-0.25, -0.2) is 0 Å². The second-order valence-electron chi connectivity index (χ2n) is 4.40. The fraction of sp³-hybridized carbons (Fsp3) is 0.917. The summed E-state index contributed by atoms with van der Waals surface area (Å²) in [5.41, 5.74) is 0. The zero-order valence-corrected chi connectivity index (χ0v) is 10.2. The van der Waals surface area contributed by atoms with Crippen LogP contribution in [0.2, 0.25) is 0 Å². The van der Waals surface area contributed by atoms with Crippen LogP contribution in [-0.4, -0.2) is 48.3 Å². The van der Waals surface area contributed by atoms with Crippen LogP contribution in [0.1, 0.15) is 39.0 Å². The van der Waals surface area contributed by atoms with E-state index in [0.29, 0.717) is 0 Å². The SMILES string of the molecule is CCCCOCCN1CCCC1CC(=O)O. The molecule has 4 heteroatoms. The highest BCUT2D eigenvalue weighted by Gasteiger charge is 2.25. The normalized spacial score (nSPS) is 21.4. The molecule has 1 saturated heterocycles. The van der Waals surface area contributed by atoms with Gasteiger partial charge in [-0.05, 0) is 25.8 Å². The van der Waals surface area contributed by atoms with E-state index in [1.807, 2.05) is 0 Å². The summed E-state index contributed by atoms with van der Waals surface area (Å²) in [6.45, 7) is 5.60. The number of carbonyl (C=O) groups is 1. The molecule has 0 bridgehead atoms. The van der Waals surface area contributed by atoms with Gasteiger partial charge in [0.2, 0.25) is 0 Å². The van der Waals surface area contributed by atoms with Crippen LogP contribution in [0.5, 0.6) is 0 Å². The van der Waals surface area contributed by atoms with Crippen molar-refractivity contribution in [2.75, 3.05) is 26.3 Å². The monoisotopic (exact) mass is 229 g/mol. The molecule has 0 aromatic rings. The highest BCUT2D eigenvalue weighted by Crippen LogP contribution is 2.19. The number of carboxylic acids is 1. The predicted molar refractivity (Wildman–Crippen MR) is 62.6 cm³/mol. The van der Waals surface area contributed by atoms with E-state index < -0.39 is 5.97 Å². The molecule has 0 amide bonds. The summed E-state index contributed by atoms with van der Waals surface area (Å²) in [5, 5.41) is 8.78. The molecule has 1 atom stereocenters. The predicted octanol–water partition coefficient (Wildman–Crippen LogP) is 1.74. The summed E-state index contributed by atoms with van der Waals surface area (Å²) >= 11 is 0. The van der Waals surface area contributed by atoms with E-state index in [9.17, 15) is 4.79 Å². The largest absolute Gasteiger partial charge is 0.481 e. The van der Waals surface area contributed by atoms with Crippen LogP contribution in [0.4, 0.5) is 0 Å². The third-order valence-corrected chi connectivity index (χ3v) is 3.07. The van der Waals surface area contributed by atoms with Crippen molar-refractivity contribution < 1.29 is 14.6 Å². The van der Waals surface area contributed by atoms with Gasteiger partial charge in [-0.3, -0.25) is 9.69 Å². The molecular formula is C12H23NO3. The number of carboxylic acid groups (broad SMARTS) is 1. The summed E-state index contributed by atoms with van der Waals surface area (Å²) < 4.78 is 5.50. The van der Waals surface area contributed by atoms with Crippen molar-refractivity contribution in [1.82, 2.24) is 4.90 Å². The third-order valence-electron chi connectivity index (χ3n) is 3.07. The Labute approximate surface area is 97.6 Å². The Hall–Kier alpha value is -0.610. The van der Waals surface area contributed by atoms with Gasteiger partial charge in [-0.2, -0.15) is 0 Å². The Morgan fingerprint density at radius 1 is 1.50 bits per heavy atom. The van der Waals surface area contributed by atoms with E-state index in [-0.39, 0.29) is 12.5 Å². The van der Waals surface area contributed by atoms with Gasteiger partial charge in [0.1, 0.15) is 0 Å². The highest BCUT2D eigenvalue weighted by molar-refractivity contribution is 5.67. The molecule has 4 nitrogen and oxygen atoms in total. The molecule has 0 aliphatic carbocycles. The van der Waals surface area contributed by atoms with E-state index >= 15 is 0 Å². The molecule has 1 rings (SSSR count). The fourth-order valence-electron chi connectivity index (χ4n) is 2.15. The first kappa shape index (κ1) is 13.5. The smallest absolute Gasteiger partial charge is 0.304 e. The Balaban J connectivity index is 2.12. The molecule has 1 aliphatic rings. The molecule has 1 fully saturated rings. The van der Waals surface area contributed by atoms with Crippen molar-refractivity contribution in [3.05, 3.63) is 0 Å². The standard InChI is InChI=1S/C12H23NO3/c1-2-3-8-16-9-7-13-6-4-5-11(13)10-12(14)15/h11H,2-10H2,1H3,(H,14,15). The first-order valence-electron chi connectivity index (χ1n) is 6.27. The quantitative estimate of drug-likeness (QED) is 0.644. The van der Waals surface area contributed by atoms with Gasteiger partial charge < -0.3 is 9.84 Å². The van der Waals surface area contributed by atoms with Crippen molar-refractivity contribution in [2.24, 2.45) is 0 Å². The Morgan fingerprint density at radius 2 is 2.31 bits per heavy atom. The topological polar surface area (TPSA) is 49.8 Å². The molecule has 0 aromatic heterocycles. The van der Waals surface area contributed by atoms with E-state index in [1.54, 1.807) is 0 Å². The van der Waals surface area contributed by atoms with E-state index in [4.69, 9.17) is 9.84 Å². The molecule has 0 aromatic carbocycles. The number of unbranched alkanes of at least 4 members (excludes halogenated alkanes) is 1. The van der Waals surface area contributed by atoms with Crippen LogP contribution in [0.15, 0.2) is 0 Å². The number of nitrogens with zero attached hydrogens (tertiary/aromatic N) is 1. The molecule has 1 unspecified atom stereocenters. The zero-order valence-electron chi connectivity index (χ0n) is 10.2. The first-order valence-corrected chi connectivity index (χ1v) is 6.27.